The molecule has 1 atom stereocenters. The average molecular weight is 234 g/mol. The van der Waals surface area contributed by atoms with Crippen molar-refractivity contribution in [3.63, 3.8) is 0 Å². The van der Waals surface area contributed by atoms with Crippen molar-refractivity contribution in [1.82, 2.24) is 15.3 Å². The second-order valence-corrected chi connectivity index (χ2v) is 4.81. The van der Waals surface area contributed by atoms with Crippen molar-refractivity contribution in [3.05, 3.63) is 18.0 Å². The molecule has 1 saturated heterocycles. The fraction of sp³-hybridized carbons (Fsp3) is 0.692. The zero-order valence-corrected chi connectivity index (χ0v) is 10.8. The van der Waals surface area contributed by atoms with Crippen molar-refractivity contribution in [1.29, 1.82) is 0 Å². The van der Waals surface area contributed by atoms with Crippen LogP contribution in [0.2, 0.25) is 0 Å². The van der Waals surface area contributed by atoms with Crippen LogP contribution in [0.15, 0.2) is 12.4 Å². The Hall–Kier alpha value is -1.16. The zero-order valence-electron chi connectivity index (χ0n) is 10.8. The van der Waals surface area contributed by atoms with E-state index in [2.05, 4.69) is 27.1 Å². The predicted molar refractivity (Wildman–Crippen MR) is 70.0 cm³/mol. The van der Waals surface area contributed by atoms with E-state index in [1.165, 1.54) is 19.3 Å². The first kappa shape index (κ1) is 12.3. The minimum atomic E-state index is 0.832. The molecule has 0 amide bonds. The average Bonchev–Trinajstić information content (AvgIpc) is 2.80. The van der Waals surface area contributed by atoms with Gasteiger partial charge < -0.3 is 10.2 Å². The first-order chi connectivity index (χ1) is 8.33. The number of nitrogens with one attached hydrogen (secondary N) is 1. The standard InChI is InChI=1S/C13H22N4/c1-3-4-11-5-6-17(10-11)13-15-8-12(7-14-2)9-16-13/h8-9,11,14H,3-7,10H2,1-2H3. The molecule has 0 radical (unpaired) electrons. The Labute approximate surface area is 103 Å². The zero-order chi connectivity index (χ0) is 12.1. The minimum Gasteiger partial charge on any atom is -0.341 e. The summed E-state index contributed by atoms with van der Waals surface area (Å²) in [4.78, 5) is 11.2. The van der Waals surface area contributed by atoms with E-state index in [0.29, 0.717) is 0 Å². The van der Waals surface area contributed by atoms with Crippen LogP contribution in [0.25, 0.3) is 0 Å². The monoisotopic (exact) mass is 234 g/mol. The van der Waals surface area contributed by atoms with Gasteiger partial charge in [-0.1, -0.05) is 13.3 Å². The molecule has 1 aliphatic heterocycles. The number of rotatable bonds is 5. The van der Waals surface area contributed by atoms with Gasteiger partial charge in [0.2, 0.25) is 5.95 Å². The number of anilines is 1. The number of hydrogen-bond acceptors (Lipinski definition) is 4. The van der Waals surface area contributed by atoms with Crippen LogP contribution in [0.1, 0.15) is 31.7 Å². The number of nitrogens with zero attached hydrogens (tertiary/aromatic N) is 3. The van der Waals surface area contributed by atoms with E-state index in [1.807, 2.05) is 19.4 Å². The van der Waals surface area contributed by atoms with Gasteiger partial charge in [-0.05, 0) is 25.8 Å². The molecule has 4 heteroatoms. The molecule has 2 rings (SSSR count). The van der Waals surface area contributed by atoms with E-state index in [-0.39, 0.29) is 0 Å². The largest absolute Gasteiger partial charge is 0.341 e. The SMILES string of the molecule is CCCC1CCN(c2ncc(CNC)cn2)C1. The van der Waals surface area contributed by atoms with Gasteiger partial charge in [0.1, 0.15) is 0 Å². The molecule has 0 aromatic carbocycles. The summed E-state index contributed by atoms with van der Waals surface area (Å²) in [5.74, 6) is 1.73. The number of hydrogen-bond donors (Lipinski definition) is 1. The first-order valence-corrected chi connectivity index (χ1v) is 6.54. The van der Waals surface area contributed by atoms with E-state index in [0.717, 1.165) is 37.1 Å². The highest BCUT2D eigenvalue weighted by Crippen LogP contribution is 2.23. The number of aromatic nitrogens is 2. The molecule has 2 heterocycles. The summed E-state index contributed by atoms with van der Waals surface area (Å²) < 4.78 is 0. The van der Waals surface area contributed by atoms with Crippen LogP contribution >= 0.6 is 0 Å². The third-order valence-electron chi connectivity index (χ3n) is 3.34. The smallest absolute Gasteiger partial charge is 0.225 e. The van der Waals surface area contributed by atoms with Gasteiger partial charge >= 0.3 is 0 Å². The summed E-state index contributed by atoms with van der Waals surface area (Å²) >= 11 is 0. The molecule has 1 fully saturated rings. The molecular weight excluding hydrogens is 212 g/mol. The summed E-state index contributed by atoms with van der Waals surface area (Å²) in [5.41, 5.74) is 1.14. The Morgan fingerprint density at radius 1 is 1.41 bits per heavy atom. The Kier molecular flexibility index (Phi) is 4.31. The van der Waals surface area contributed by atoms with Crippen LogP contribution in [0.4, 0.5) is 5.95 Å². The lowest BCUT2D eigenvalue weighted by atomic mass is 10.0. The van der Waals surface area contributed by atoms with Gasteiger partial charge in [-0.25, -0.2) is 9.97 Å². The molecule has 0 saturated carbocycles. The summed E-state index contributed by atoms with van der Waals surface area (Å²) in [5, 5.41) is 3.10. The second kappa shape index (κ2) is 5.96. The van der Waals surface area contributed by atoms with E-state index in [4.69, 9.17) is 0 Å². The Bertz CT molecular complexity index is 336. The van der Waals surface area contributed by atoms with E-state index >= 15 is 0 Å². The van der Waals surface area contributed by atoms with Gasteiger partial charge in [-0.2, -0.15) is 0 Å². The highest BCUT2D eigenvalue weighted by Gasteiger charge is 2.23. The minimum absolute atomic E-state index is 0.832. The lowest BCUT2D eigenvalue weighted by molar-refractivity contribution is 0.529. The van der Waals surface area contributed by atoms with Crippen LogP contribution in [-0.4, -0.2) is 30.1 Å². The van der Waals surface area contributed by atoms with Gasteiger partial charge in [0.15, 0.2) is 0 Å². The molecule has 17 heavy (non-hydrogen) atoms. The predicted octanol–water partition coefficient (Wildman–Crippen LogP) is 1.82. The van der Waals surface area contributed by atoms with Gasteiger partial charge in [0, 0.05) is 37.6 Å². The van der Waals surface area contributed by atoms with Crippen molar-refractivity contribution < 1.29 is 0 Å². The van der Waals surface area contributed by atoms with Gasteiger partial charge in [0.25, 0.3) is 0 Å². The van der Waals surface area contributed by atoms with Gasteiger partial charge in [-0.3, -0.25) is 0 Å². The van der Waals surface area contributed by atoms with Crippen LogP contribution in [0, 0.1) is 5.92 Å². The van der Waals surface area contributed by atoms with Crippen molar-refractivity contribution in [2.45, 2.75) is 32.7 Å². The van der Waals surface area contributed by atoms with Crippen LogP contribution in [-0.2, 0) is 6.54 Å². The third-order valence-corrected chi connectivity index (χ3v) is 3.34. The Balaban J connectivity index is 1.94. The maximum atomic E-state index is 4.45. The maximum absolute atomic E-state index is 4.45. The topological polar surface area (TPSA) is 41.1 Å². The van der Waals surface area contributed by atoms with Gasteiger partial charge in [0.05, 0.1) is 0 Å². The molecule has 1 aromatic rings. The fourth-order valence-electron chi connectivity index (χ4n) is 2.46. The molecule has 4 nitrogen and oxygen atoms in total. The Morgan fingerprint density at radius 3 is 2.82 bits per heavy atom. The second-order valence-electron chi connectivity index (χ2n) is 4.81. The van der Waals surface area contributed by atoms with E-state index < -0.39 is 0 Å². The molecule has 1 unspecified atom stereocenters. The van der Waals surface area contributed by atoms with Crippen LogP contribution in [0.5, 0.6) is 0 Å². The maximum Gasteiger partial charge on any atom is 0.225 e. The normalized spacial score (nSPS) is 19.9. The van der Waals surface area contributed by atoms with E-state index in [1.54, 1.807) is 0 Å². The quantitative estimate of drug-likeness (QED) is 0.844. The summed E-state index contributed by atoms with van der Waals surface area (Å²) in [7, 11) is 1.93. The van der Waals surface area contributed by atoms with Crippen LogP contribution in [0.3, 0.4) is 0 Å². The molecule has 1 N–H and O–H groups in total. The lowest BCUT2D eigenvalue weighted by Gasteiger charge is -2.16. The highest BCUT2D eigenvalue weighted by molar-refractivity contribution is 5.31. The van der Waals surface area contributed by atoms with Crippen molar-refractivity contribution in [3.8, 4) is 0 Å². The summed E-state index contributed by atoms with van der Waals surface area (Å²) in [6, 6.07) is 0. The molecular formula is C13H22N4. The van der Waals surface area contributed by atoms with Crippen molar-refractivity contribution >= 4 is 5.95 Å². The highest BCUT2D eigenvalue weighted by atomic mass is 15.3. The molecule has 1 aliphatic rings. The van der Waals surface area contributed by atoms with Crippen LogP contribution < -0.4 is 10.2 Å². The Morgan fingerprint density at radius 2 is 2.18 bits per heavy atom. The molecule has 0 spiro atoms. The van der Waals surface area contributed by atoms with E-state index in [9.17, 15) is 0 Å². The molecule has 1 aromatic heterocycles. The van der Waals surface area contributed by atoms with Crippen molar-refractivity contribution in [2.75, 3.05) is 25.0 Å². The first-order valence-electron chi connectivity index (χ1n) is 6.54. The summed E-state index contributed by atoms with van der Waals surface area (Å²) in [6.45, 7) is 5.32. The third kappa shape index (κ3) is 3.16. The molecule has 94 valence electrons. The molecule has 0 aliphatic carbocycles. The van der Waals surface area contributed by atoms with Gasteiger partial charge in [-0.15, -0.1) is 0 Å². The van der Waals surface area contributed by atoms with Crippen molar-refractivity contribution in [2.24, 2.45) is 5.92 Å². The summed E-state index contributed by atoms with van der Waals surface area (Å²) in [6.07, 6.45) is 7.74. The molecule has 0 bridgehead atoms. The lowest BCUT2D eigenvalue weighted by Crippen LogP contribution is -2.22. The fourth-order valence-corrected chi connectivity index (χ4v) is 2.46.